The van der Waals surface area contributed by atoms with Gasteiger partial charge in [0.2, 0.25) is 0 Å². The Kier molecular flexibility index (Phi) is 4.81. The molecule has 1 fully saturated rings. The molecule has 0 amide bonds. The predicted molar refractivity (Wildman–Crippen MR) is 77.7 cm³/mol. The van der Waals surface area contributed by atoms with Gasteiger partial charge in [-0.3, -0.25) is 9.69 Å². The van der Waals surface area contributed by atoms with Crippen molar-refractivity contribution >= 4 is 5.97 Å². The van der Waals surface area contributed by atoms with Crippen molar-refractivity contribution in [1.29, 1.82) is 5.26 Å². The van der Waals surface area contributed by atoms with Gasteiger partial charge in [0.15, 0.2) is 0 Å². The minimum atomic E-state index is -0.141. The minimum absolute atomic E-state index is 0.0660. The Balaban J connectivity index is 2.06. The summed E-state index contributed by atoms with van der Waals surface area (Å²) in [5.41, 5.74) is 1.58. The fourth-order valence-electron chi connectivity index (χ4n) is 2.85. The van der Waals surface area contributed by atoms with Gasteiger partial charge in [-0.05, 0) is 23.6 Å². The molecule has 5 heteroatoms. The first-order valence-electron chi connectivity index (χ1n) is 6.96. The van der Waals surface area contributed by atoms with Crippen molar-refractivity contribution in [3.8, 4) is 11.8 Å². The summed E-state index contributed by atoms with van der Waals surface area (Å²) >= 11 is 0. The van der Waals surface area contributed by atoms with E-state index < -0.39 is 0 Å². The topological polar surface area (TPSA) is 62.6 Å². The van der Waals surface area contributed by atoms with Gasteiger partial charge in [-0.15, -0.1) is 0 Å². The van der Waals surface area contributed by atoms with E-state index in [9.17, 15) is 4.79 Å². The Morgan fingerprint density at radius 2 is 2.19 bits per heavy atom. The van der Waals surface area contributed by atoms with Crippen molar-refractivity contribution in [1.82, 2.24) is 4.90 Å². The highest BCUT2D eigenvalue weighted by Crippen LogP contribution is 2.26. The fraction of sp³-hybridized carbons (Fsp3) is 0.500. The molecule has 0 aromatic heterocycles. The maximum Gasteiger partial charge on any atom is 0.310 e. The maximum atomic E-state index is 11.7. The third-order valence-electron chi connectivity index (χ3n) is 3.98. The average Bonchev–Trinajstić information content (AvgIpc) is 2.86. The number of benzene rings is 1. The highest BCUT2D eigenvalue weighted by Gasteiger charge is 2.35. The summed E-state index contributed by atoms with van der Waals surface area (Å²) in [7, 11) is 2.99. The summed E-state index contributed by atoms with van der Waals surface area (Å²) in [6.45, 7) is 4.34. The number of nitrogens with zero attached hydrogens (tertiary/aromatic N) is 2. The zero-order valence-electron chi connectivity index (χ0n) is 12.6. The lowest BCUT2D eigenvalue weighted by Crippen LogP contribution is -2.24. The van der Waals surface area contributed by atoms with E-state index in [-0.39, 0.29) is 17.8 Å². The van der Waals surface area contributed by atoms with Crippen LogP contribution in [-0.4, -0.2) is 38.2 Å². The maximum absolute atomic E-state index is 11.7. The van der Waals surface area contributed by atoms with Gasteiger partial charge >= 0.3 is 5.97 Å². The first kappa shape index (κ1) is 15.3. The lowest BCUT2D eigenvalue weighted by Gasteiger charge is -2.16. The molecule has 1 aromatic rings. The van der Waals surface area contributed by atoms with Crippen LogP contribution in [0.5, 0.6) is 5.75 Å². The highest BCUT2D eigenvalue weighted by atomic mass is 16.5. The number of methoxy groups -OCH3 is 2. The van der Waals surface area contributed by atoms with Gasteiger partial charge in [0.25, 0.3) is 0 Å². The van der Waals surface area contributed by atoms with Crippen LogP contribution < -0.4 is 4.74 Å². The van der Waals surface area contributed by atoms with E-state index in [4.69, 9.17) is 14.7 Å². The quantitative estimate of drug-likeness (QED) is 0.791. The molecule has 5 nitrogen and oxygen atoms in total. The number of hydrogen-bond acceptors (Lipinski definition) is 5. The standard InChI is InChI=1S/C16H20N2O3/c1-11-8-18(10-14(11)16(19)21-3)9-12-4-5-15(20-2)13(6-12)7-17/h4-6,11,14H,8-10H2,1-3H3. The number of hydrogen-bond donors (Lipinski definition) is 0. The molecular formula is C16H20N2O3. The lowest BCUT2D eigenvalue weighted by atomic mass is 9.99. The smallest absolute Gasteiger partial charge is 0.310 e. The molecule has 1 saturated heterocycles. The van der Waals surface area contributed by atoms with Crippen molar-refractivity contribution in [3.63, 3.8) is 0 Å². The van der Waals surface area contributed by atoms with Gasteiger partial charge < -0.3 is 9.47 Å². The SMILES string of the molecule is COC(=O)C1CN(Cc2ccc(OC)c(C#N)c2)CC1C. The van der Waals surface area contributed by atoms with Crippen LogP contribution in [0.25, 0.3) is 0 Å². The second kappa shape index (κ2) is 6.59. The van der Waals surface area contributed by atoms with Crippen molar-refractivity contribution < 1.29 is 14.3 Å². The normalized spacial score (nSPS) is 21.8. The zero-order valence-corrected chi connectivity index (χ0v) is 12.6. The molecule has 0 bridgehead atoms. The molecule has 1 heterocycles. The molecule has 2 rings (SSSR count). The molecule has 2 atom stereocenters. The number of ether oxygens (including phenoxy) is 2. The number of rotatable bonds is 4. The fourth-order valence-corrected chi connectivity index (χ4v) is 2.85. The Morgan fingerprint density at radius 1 is 1.43 bits per heavy atom. The monoisotopic (exact) mass is 288 g/mol. The summed E-state index contributed by atoms with van der Waals surface area (Å²) in [5.74, 6) is 0.663. The molecule has 1 aliphatic rings. The number of carbonyl (C=O) groups is 1. The van der Waals surface area contributed by atoms with E-state index in [1.165, 1.54) is 7.11 Å². The van der Waals surface area contributed by atoms with Crippen molar-refractivity contribution in [2.24, 2.45) is 11.8 Å². The summed E-state index contributed by atoms with van der Waals surface area (Å²) < 4.78 is 9.99. The van der Waals surface area contributed by atoms with E-state index in [1.807, 2.05) is 18.2 Å². The van der Waals surface area contributed by atoms with E-state index in [1.54, 1.807) is 7.11 Å². The van der Waals surface area contributed by atoms with Crippen molar-refractivity contribution in [3.05, 3.63) is 29.3 Å². The third-order valence-corrected chi connectivity index (χ3v) is 3.98. The molecule has 0 saturated carbocycles. The van der Waals surface area contributed by atoms with Crippen LogP contribution in [0.4, 0.5) is 0 Å². The largest absolute Gasteiger partial charge is 0.495 e. The van der Waals surface area contributed by atoms with E-state index in [2.05, 4.69) is 17.9 Å². The Hall–Kier alpha value is -2.06. The van der Waals surface area contributed by atoms with Gasteiger partial charge in [-0.25, -0.2) is 0 Å². The molecule has 21 heavy (non-hydrogen) atoms. The van der Waals surface area contributed by atoms with Crippen LogP contribution in [0, 0.1) is 23.2 Å². The second-order valence-electron chi connectivity index (χ2n) is 5.45. The van der Waals surface area contributed by atoms with Crippen molar-refractivity contribution in [2.45, 2.75) is 13.5 Å². The molecule has 1 aliphatic heterocycles. The van der Waals surface area contributed by atoms with Crippen LogP contribution in [0.2, 0.25) is 0 Å². The predicted octanol–water partition coefficient (Wildman–Crippen LogP) is 1.81. The Bertz CT molecular complexity index is 565. The molecule has 112 valence electrons. The molecule has 0 spiro atoms. The number of carbonyl (C=O) groups excluding carboxylic acids is 1. The summed E-state index contributed by atoms with van der Waals surface area (Å²) in [5, 5.41) is 9.12. The molecule has 0 aliphatic carbocycles. The molecule has 0 N–H and O–H groups in total. The first-order chi connectivity index (χ1) is 10.1. The Labute approximate surface area is 125 Å². The summed E-state index contributed by atoms with van der Waals surface area (Å²) in [6.07, 6.45) is 0. The highest BCUT2D eigenvalue weighted by molar-refractivity contribution is 5.73. The molecular weight excluding hydrogens is 268 g/mol. The van der Waals surface area contributed by atoms with Crippen LogP contribution in [-0.2, 0) is 16.1 Å². The summed E-state index contributed by atoms with van der Waals surface area (Å²) in [6, 6.07) is 7.75. The second-order valence-corrected chi connectivity index (χ2v) is 5.45. The first-order valence-corrected chi connectivity index (χ1v) is 6.96. The summed E-state index contributed by atoms with van der Waals surface area (Å²) in [4.78, 5) is 13.9. The van der Waals surface area contributed by atoms with Crippen LogP contribution in [0.1, 0.15) is 18.1 Å². The number of esters is 1. The van der Waals surface area contributed by atoms with Gasteiger partial charge in [0, 0.05) is 19.6 Å². The van der Waals surface area contributed by atoms with Gasteiger partial charge in [-0.2, -0.15) is 5.26 Å². The molecule has 2 unspecified atom stereocenters. The Morgan fingerprint density at radius 3 is 2.81 bits per heavy atom. The van der Waals surface area contributed by atoms with Crippen LogP contribution >= 0.6 is 0 Å². The minimum Gasteiger partial charge on any atom is -0.495 e. The average molecular weight is 288 g/mol. The molecule has 1 aromatic carbocycles. The van der Waals surface area contributed by atoms with E-state index >= 15 is 0 Å². The number of nitriles is 1. The van der Waals surface area contributed by atoms with Gasteiger partial charge in [-0.1, -0.05) is 13.0 Å². The van der Waals surface area contributed by atoms with E-state index in [0.717, 1.165) is 18.7 Å². The van der Waals surface area contributed by atoms with Crippen LogP contribution in [0.3, 0.4) is 0 Å². The van der Waals surface area contributed by atoms with Gasteiger partial charge in [0.1, 0.15) is 11.8 Å². The number of likely N-dealkylation sites (tertiary alicyclic amines) is 1. The lowest BCUT2D eigenvalue weighted by molar-refractivity contribution is -0.146. The van der Waals surface area contributed by atoms with Gasteiger partial charge in [0.05, 0.1) is 25.7 Å². The molecule has 0 radical (unpaired) electrons. The zero-order chi connectivity index (χ0) is 15.4. The van der Waals surface area contributed by atoms with Crippen molar-refractivity contribution in [2.75, 3.05) is 27.3 Å². The van der Waals surface area contributed by atoms with E-state index in [0.29, 0.717) is 17.9 Å². The third kappa shape index (κ3) is 3.34. The van der Waals surface area contributed by atoms with Crippen LogP contribution in [0.15, 0.2) is 18.2 Å².